The lowest BCUT2D eigenvalue weighted by molar-refractivity contribution is 0.0697. The van der Waals surface area contributed by atoms with Crippen molar-refractivity contribution in [1.29, 1.82) is 0 Å². The van der Waals surface area contributed by atoms with Gasteiger partial charge in [-0.1, -0.05) is 29.3 Å². The summed E-state index contributed by atoms with van der Waals surface area (Å²) in [5, 5.41) is 8.66. The summed E-state index contributed by atoms with van der Waals surface area (Å²) in [7, 11) is 0. The minimum atomic E-state index is -0.649. The number of aromatic nitrogens is 5. The molecule has 2 aliphatic rings. The molecule has 1 N–H and O–H groups in total. The number of amides is 2. The number of benzene rings is 1. The molecular formula is C25H22Cl2FN7O3. The molecule has 0 spiro atoms. The summed E-state index contributed by atoms with van der Waals surface area (Å²) in [5.41, 5.74) is 1.11. The number of halogens is 3. The number of fused-ring (bicyclic) bond motifs is 2. The average Bonchev–Trinajstić information content (AvgIpc) is 3.66. The molecule has 3 aromatic heterocycles. The van der Waals surface area contributed by atoms with Gasteiger partial charge in [0.2, 0.25) is 5.82 Å². The number of likely N-dealkylation sites (tertiary alicyclic amines) is 1. The van der Waals surface area contributed by atoms with Gasteiger partial charge in [0.1, 0.15) is 16.5 Å². The third-order valence-electron chi connectivity index (χ3n) is 7.06. The van der Waals surface area contributed by atoms with Gasteiger partial charge in [0.05, 0.1) is 17.1 Å². The van der Waals surface area contributed by atoms with Crippen molar-refractivity contribution in [3.8, 4) is 0 Å². The van der Waals surface area contributed by atoms with Crippen LogP contribution in [0.4, 0.5) is 4.39 Å². The first kappa shape index (κ1) is 24.6. The van der Waals surface area contributed by atoms with E-state index in [1.807, 2.05) is 0 Å². The summed E-state index contributed by atoms with van der Waals surface area (Å²) in [5.74, 6) is -0.527. The Bertz CT molecular complexity index is 1650. The van der Waals surface area contributed by atoms with Crippen molar-refractivity contribution < 1.29 is 14.0 Å². The summed E-state index contributed by atoms with van der Waals surface area (Å²) in [6.07, 6.45) is 3.72. The van der Waals surface area contributed by atoms with E-state index in [-0.39, 0.29) is 58.1 Å². The van der Waals surface area contributed by atoms with Crippen molar-refractivity contribution in [3.63, 3.8) is 0 Å². The van der Waals surface area contributed by atoms with E-state index < -0.39 is 11.7 Å². The summed E-state index contributed by atoms with van der Waals surface area (Å²) >= 11 is 12.4. The molecule has 10 nitrogen and oxygen atoms in total. The van der Waals surface area contributed by atoms with E-state index in [2.05, 4.69) is 15.2 Å². The molecule has 13 heteroatoms. The van der Waals surface area contributed by atoms with Crippen molar-refractivity contribution in [2.75, 3.05) is 19.6 Å². The molecule has 6 rings (SSSR count). The van der Waals surface area contributed by atoms with E-state index in [1.165, 1.54) is 33.7 Å². The van der Waals surface area contributed by atoms with Gasteiger partial charge in [-0.3, -0.25) is 18.8 Å². The van der Waals surface area contributed by atoms with E-state index in [1.54, 1.807) is 15.5 Å². The predicted octanol–water partition coefficient (Wildman–Crippen LogP) is 3.15. The molecule has 0 atom stereocenters. The first-order valence-corrected chi connectivity index (χ1v) is 12.9. The van der Waals surface area contributed by atoms with Gasteiger partial charge in [0.15, 0.2) is 5.82 Å². The summed E-state index contributed by atoms with van der Waals surface area (Å²) < 4.78 is 18.1. The molecule has 38 heavy (non-hydrogen) atoms. The van der Waals surface area contributed by atoms with Gasteiger partial charge in [-0.15, -0.1) is 10.2 Å². The number of aromatic amines is 1. The molecule has 5 heterocycles. The fraction of sp³-hybridized carbons (Fsp3) is 0.320. The monoisotopic (exact) mass is 557 g/mol. The minimum absolute atomic E-state index is 0.0823. The summed E-state index contributed by atoms with van der Waals surface area (Å²) in [6.45, 7) is 2.14. The van der Waals surface area contributed by atoms with Gasteiger partial charge in [-0.2, -0.15) is 0 Å². The zero-order valence-corrected chi connectivity index (χ0v) is 21.6. The van der Waals surface area contributed by atoms with Crippen LogP contribution >= 0.6 is 23.2 Å². The zero-order valence-electron chi connectivity index (χ0n) is 20.1. The molecule has 1 aromatic carbocycles. The molecule has 1 saturated heterocycles. The molecule has 2 aliphatic heterocycles. The number of carbonyl (C=O) groups is 2. The molecule has 2 amide bonds. The normalized spacial score (nSPS) is 15.3. The second-order valence-corrected chi connectivity index (χ2v) is 10.2. The van der Waals surface area contributed by atoms with Gasteiger partial charge < -0.3 is 19.4 Å². The molecule has 1 fully saturated rings. The van der Waals surface area contributed by atoms with Crippen molar-refractivity contribution in [2.24, 2.45) is 0 Å². The van der Waals surface area contributed by atoms with Crippen molar-refractivity contribution >= 4 is 40.5 Å². The molecular weight excluding hydrogens is 536 g/mol. The third-order valence-corrected chi connectivity index (χ3v) is 7.82. The van der Waals surface area contributed by atoms with Gasteiger partial charge in [-0.05, 0) is 36.6 Å². The van der Waals surface area contributed by atoms with Crippen molar-refractivity contribution in [3.05, 3.63) is 85.3 Å². The summed E-state index contributed by atoms with van der Waals surface area (Å²) in [6, 6.07) is 5.79. The van der Waals surface area contributed by atoms with E-state index in [9.17, 15) is 18.8 Å². The maximum absolute atomic E-state index is 14.8. The molecule has 0 saturated carbocycles. The van der Waals surface area contributed by atoms with Crippen LogP contribution < -0.4 is 5.56 Å². The maximum Gasteiger partial charge on any atom is 0.291 e. The van der Waals surface area contributed by atoms with Crippen molar-refractivity contribution in [1.82, 2.24) is 33.9 Å². The number of nitrogens with zero attached hydrogens (tertiary/aromatic N) is 6. The Labute approximate surface area is 225 Å². The molecule has 0 unspecified atom stereocenters. The number of nitrogens with one attached hydrogen (secondary N) is 1. The molecule has 0 radical (unpaired) electrons. The highest BCUT2D eigenvalue weighted by molar-refractivity contribution is 6.42. The fourth-order valence-corrected chi connectivity index (χ4v) is 5.54. The van der Waals surface area contributed by atoms with Crippen LogP contribution in [-0.2, 0) is 19.5 Å². The lowest BCUT2D eigenvalue weighted by atomic mass is 10.0. The highest BCUT2D eigenvalue weighted by Gasteiger charge is 2.31. The van der Waals surface area contributed by atoms with Crippen LogP contribution in [0.3, 0.4) is 0 Å². The third kappa shape index (κ3) is 4.15. The van der Waals surface area contributed by atoms with E-state index in [0.29, 0.717) is 36.7 Å². The van der Waals surface area contributed by atoms with Gasteiger partial charge in [0.25, 0.3) is 17.4 Å². The molecule has 4 aromatic rings. The van der Waals surface area contributed by atoms with Gasteiger partial charge >= 0.3 is 0 Å². The number of rotatable bonds is 4. The van der Waals surface area contributed by atoms with Gasteiger partial charge in [-0.25, -0.2) is 4.39 Å². The highest BCUT2D eigenvalue weighted by atomic mass is 35.5. The topological polar surface area (TPSA) is 109 Å². The van der Waals surface area contributed by atoms with Crippen LogP contribution in [0.2, 0.25) is 10.2 Å². The Hall–Kier alpha value is -3.70. The van der Waals surface area contributed by atoms with Crippen LogP contribution in [0.1, 0.15) is 50.9 Å². The van der Waals surface area contributed by atoms with Gasteiger partial charge in [0, 0.05) is 44.5 Å². The maximum atomic E-state index is 14.8. The smallest absolute Gasteiger partial charge is 0.291 e. The summed E-state index contributed by atoms with van der Waals surface area (Å²) in [4.78, 5) is 44.3. The van der Waals surface area contributed by atoms with E-state index in [0.717, 1.165) is 12.8 Å². The molecule has 0 bridgehead atoms. The van der Waals surface area contributed by atoms with Crippen LogP contribution in [-0.4, -0.2) is 65.4 Å². The van der Waals surface area contributed by atoms with Crippen molar-refractivity contribution in [2.45, 2.75) is 32.4 Å². The highest BCUT2D eigenvalue weighted by Crippen LogP contribution is 2.27. The standard InChI is InChI=1S/C25H22Cl2FN7O3/c26-17-11-19-23(36)29-12-15(35(19)21(17)27)9-14-3-4-18(28)16(10-14)24(37)33-7-8-34-20(13-33)30-31-22(34)25(38)32-5-1-2-6-32/h3-4,10-12H,1-2,5-9,13H2,(H,29,36). The fourth-order valence-electron chi connectivity index (χ4n) is 5.10. The van der Waals surface area contributed by atoms with E-state index in [4.69, 9.17) is 23.2 Å². The number of H-pyrrole nitrogens is 1. The Kier molecular flexibility index (Phi) is 6.19. The Morgan fingerprint density at radius 1 is 1.00 bits per heavy atom. The van der Waals surface area contributed by atoms with Crippen LogP contribution in [0.5, 0.6) is 0 Å². The minimum Gasteiger partial charge on any atom is -0.336 e. The lowest BCUT2D eigenvalue weighted by Gasteiger charge is -2.28. The number of carbonyl (C=O) groups excluding carboxylic acids is 2. The average molecular weight is 558 g/mol. The zero-order chi connectivity index (χ0) is 26.6. The first-order valence-electron chi connectivity index (χ1n) is 12.2. The largest absolute Gasteiger partial charge is 0.336 e. The quantitative estimate of drug-likeness (QED) is 0.414. The predicted molar refractivity (Wildman–Crippen MR) is 137 cm³/mol. The second kappa shape index (κ2) is 9.55. The SMILES string of the molecule is O=C(c1cc(Cc2c[nH]c(=O)c3cc(Cl)c(Cl)n23)ccc1F)N1CCn2c(nnc2C(=O)N2CCCC2)C1. The number of hydrogen-bond donors (Lipinski definition) is 1. The van der Waals surface area contributed by atoms with E-state index >= 15 is 0 Å². The number of hydrogen-bond acceptors (Lipinski definition) is 5. The molecule has 0 aliphatic carbocycles. The van der Waals surface area contributed by atoms with Crippen LogP contribution in [0.25, 0.3) is 5.52 Å². The Morgan fingerprint density at radius 2 is 1.79 bits per heavy atom. The Balaban J connectivity index is 1.24. The Morgan fingerprint density at radius 3 is 2.58 bits per heavy atom. The van der Waals surface area contributed by atoms with Crippen LogP contribution in [0.15, 0.2) is 35.3 Å². The molecule has 196 valence electrons. The first-order chi connectivity index (χ1) is 18.3. The van der Waals surface area contributed by atoms with Crippen LogP contribution in [0, 0.1) is 5.82 Å². The second-order valence-electron chi connectivity index (χ2n) is 9.42. The lowest BCUT2D eigenvalue weighted by Crippen LogP contribution is -2.40.